The fourth-order valence-corrected chi connectivity index (χ4v) is 1.90. The zero-order chi connectivity index (χ0) is 9.80. The molecule has 2 nitrogen and oxygen atoms in total. The van der Waals surface area contributed by atoms with Crippen LogP contribution in [-0.4, -0.2) is 13.1 Å². The fourth-order valence-electron chi connectivity index (χ4n) is 1.90. The van der Waals surface area contributed by atoms with Gasteiger partial charge < -0.3 is 10.2 Å². The summed E-state index contributed by atoms with van der Waals surface area (Å²) in [5.41, 5.74) is 2.57. The van der Waals surface area contributed by atoms with Gasteiger partial charge in [0, 0.05) is 19.6 Å². The maximum Gasteiger partial charge on any atom is 0.0602 e. The summed E-state index contributed by atoms with van der Waals surface area (Å²) in [6.45, 7) is 6.64. The van der Waals surface area contributed by atoms with Crippen LogP contribution in [0.3, 0.4) is 0 Å². The smallest absolute Gasteiger partial charge is 0.0602 e. The zero-order valence-corrected chi connectivity index (χ0v) is 8.66. The zero-order valence-electron chi connectivity index (χ0n) is 8.66. The number of hydrogen-bond acceptors (Lipinski definition) is 2. The number of benzene rings is 1. The normalized spacial score (nSPS) is 15.6. The summed E-state index contributed by atoms with van der Waals surface area (Å²) in [6.07, 6.45) is 2.31. The average Bonchev–Trinajstić information content (AvgIpc) is 2.42. The van der Waals surface area contributed by atoms with E-state index in [9.17, 15) is 0 Å². The van der Waals surface area contributed by atoms with Crippen molar-refractivity contribution in [2.45, 2.75) is 19.8 Å². The van der Waals surface area contributed by atoms with Gasteiger partial charge in [-0.1, -0.05) is 19.1 Å². The lowest BCUT2D eigenvalue weighted by molar-refractivity contribution is 0.762. The van der Waals surface area contributed by atoms with Crippen molar-refractivity contribution in [1.82, 2.24) is 0 Å². The lowest BCUT2D eigenvalue weighted by atomic mass is 10.2. The molecule has 1 aliphatic heterocycles. The highest BCUT2D eigenvalue weighted by Gasteiger charge is 2.12. The fraction of sp³-hybridized carbons (Fsp3) is 0.417. The van der Waals surface area contributed by atoms with E-state index < -0.39 is 0 Å². The van der Waals surface area contributed by atoms with Crippen molar-refractivity contribution in [1.29, 1.82) is 0 Å². The quantitative estimate of drug-likeness (QED) is 0.769. The maximum absolute atomic E-state index is 3.35. The van der Waals surface area contributed by atoms with E-state index in [1.165, 1.54) is 17.8 Å². The van der Waals surface area contributed by atoms with Gasteiger partial charge in [-0.3, -0.25) is 0 Å². The average molecular weight is 189 g/mol. The van der Waals surface area contributed by atoms with Crippen LogP contribution in [0.2, 0.25) is 0 Å². The van der Waals surface area contributed by atoms with E-state index in [-0.39, 0.29) is 0 Å². The molecule has 0 fully saturated rings. The van der Waals surface area contributed by atoms with E-state index >= 15 is 0 Å². The summed E-state index contributed by atoms with van der Waals surface area (Å²) in [6, 6.07) is 8.51. The van der Waals surface area contributed by atoms with Gasteiger partial charge in [0.2, 0.25) is 0 Å². The molecule has 1 heterocycles. The number of fused-ring (bicyclic) bond motifs is 1. The molecule has 0 aliphatic carbocycles. The summed E-state index contributed by atoms with van der Waals surface area (Å²) in [4.78, 5) is 2.45. The van der Waals surface area contributed by atoms with Crippen LogP contribution in [-0.2, 0) is 0 Å². The van der Waals surface area contributed by atoms with Gasteiger partial charge in [-0.2, -0.15) is 0 Å². The molecule has 0 saturated heterocycles. The van der Waals surface area contributed by atoms with Crippen LogP contribution in [0, 0.1) is 6.54 Å². The summed E-state index contributed by atoms with van der Waals surface area (Å²) < 4.78 is 0. The molecule has 2 heteroatoms. The van der Waals surface area contributed by atoms with Gasteiger partial charge in [0.15, 0.2) is 0 Å². The Balaban J connectivity index is 2.27. The van der Waals surface area contributed by atoms with Crippen LogP contribution in [0.15, 0.2) is 24.3 Å². The van der Waals surface area contributed by atoms with Gasteiger partial charge in [0.25, 0.3) is 0 Å². The van der Waals surface area contributed by atoms with Crippen LogP contribution in [0.4, 0.5) is 11.4 Å². The Hall–Kier alpha value is -1.18. The van der Waals surface area contributed by atoms with Crippen LogP contribution in [0.25, 0.3) is 0 Å². The van der Waals surface area contributed by atoms with Gasteiger partial charge in [-0.15, -0.1) is 0 Å². The second-order valence-electron chi connectivity index (χ2n) is 3.64. The highest BCUT2D eigenvalue weighted by Crippen LogP contribution is 2.28. The Morgan fingerprint density at radius 2 is 2.21 bits per heavy atom. The van der Waals surface area contributed by atoms with Crippen molar-refractivity contribution in [2.75, 3.05) is 23.3 Å². The van der Waals surface area contributed by atoms with Gasteiger partial charge in [-0.25, -0.2) is 0 Å². The summed E-state index contributed by atoms with van der Waals surface area (Å²) in [5.74, 6) is 0. The first-order valence-electron chi connectivity index (χ1n) is 5.34. The molecule has 75 valence electrons. The Morgan fingerprint density at radius 3 is 3.07 bits per heavy atom. The number of anilines is 2. The van der Waals surface area contributed by atoms with Gasteiger partial charge in [-0.05, 0) is 25.0 Å². The number of nitrogens with zero attached hydrogens (tertiary/aromatic N) is 1. The number of nitrogens with one attached hydrogen (secondary N) is 1. The lowest BCUT2D eigenvalue weighted by Crippen LogP contribution is -2.24. The first kappa shape index (κ1) is 9.38. The van der Waals surface area contributed by atoms with Gasteiger partial charge in [0.1, 0.15) is 0 Å². The molecule has 0 amide bonds. The third-order valence-corrected chi connectivity index (χ3v) is 2.54. The Morgan fingerprint density at radius 1 is 1.36 bits per heavy atom. The largest absolute Gasteiger partial charge is 0.379 e. The minimum absolute atomic E-state index is 1.11. The molecule has 2 rings (SSSR count). The lowest BCUT2D eigenvalue weighted by Gasteiger charge is -2.23. The molecule has 1 aromatic carbocycles. The number of rotatable bonds is 2. The molecule has 0 saturated carbocycles. The summed E-state index contributed by atoms with van der Waals surface area (Å²) >= 11 is 0. The second kappa shape index (κ2) is 4.36. The molecule has 1 aliphatic rings. The standard InChI is InChI=1S/C12H17N2/c1-2-9-14-10-5-8-13-11-6-3-4-7-12(11)14/h3-4,6-8,13H,2,5,9-10H2,1H3. The molecule has 0 spiro atoms. The van der Waals surface area contributed by atoms with Crippen LogP contribution in [0.1, 0.15) is 19.8 Å². The molecular weight excluding hydrogens is 172 g/mol. The van der Waals surface area contributed by atoms with E-state index in [0.717, 1.165) is 19.5 Å². The van der Waals surface area contributed by atoms with E-state index in [1.807, 2.05) is 0 Å². The summed E-state index contributed by atoms with van der Waals surface area (Å²) in [7, 11) is 0. The van der Waals surface area contributed by atoms with Crippen molar-refractivity contribution < 1.29 is 0 Å². The number of hydrogen-bond donors (Lipinski definition) is 1. The van der Waals surface area contributed by atoms with Crippen molar-refractivity contribution in [3.05, 3.63) is 30.8 Å². The predicted octanol–water partition coefficient (Wildman–Crippen LogP) is 2.88. The van der Waals surface area contributed by atoms with Crippen molar-refractivity contribution >= 4 is 11.4 Å². The maximum atomic E-state index is 3.35. The van der Waals surface area contributed by atoms with E-state index in [4.69, 9.17) is 0 Å². The second-order valence-corrected chi connectivity index (χ2v) is 3.64. The van der Waals surface area contributed by atoms with Crippen LogP contribution >= 0.6 is 0 Å². The Bertz CT molecular complexity index is 296. The first-order chi connectivity index (χ1) is 6.92. The third-order valence-electron chi connectivity index (χ3n) is 2.54. The predicted molar refractivity (Wildman–Crippen MR) is 61.5 cm³/mol. The third kappa shape index (κ3) is 1.84. The molecule has 0 unspecified atom stereocenters. The minimum atomic E-state index is 1.11. The molecule has 1 radical (unpaired) electrons. The molecule has 0 atom stereocenters. The van der Waals surface area contributed by atoms with E-state index in [1.54, 1.807) is 0 Å². The monoisotopic (exact) mass is 189 g/mol. The molecule has 1 aromatic rings. The van der Waals surface area contributed by atoms with Crippen molar-refractivity contribution in [3.8, 4) is 0 Å². The Labute approximate surface area is 85.9 Å². The van der Waals surface area contributed by atoms with Crippen molar-refractivity contribution in [3.63, 3.8) is 0 Å². The highest BCUT2D eigenvalue weighted by atomic mass is 15.2. The first-order valence-corrected chi connectivity index (χ1v) is 5.34. The van der Waals surface area contributed by atoms with Crippen LogP contribution in [0.5, 0.6) is 0 Å². The van der Waals surface area contributed by atoms with E-state index in [2.05, 4.69) is 48.0 Å². The van der Waals surface area contributed by atoms with Crippen LogP contribution < -0.4 is 10.2 Å². The summed E-state index contributed by atoms with van der Waals surface area (Å²) in [5, 5.41) is 3.35. The molecule has 0 bridgehead atoms. The molecular formula is C12H17N2. The topological polar surface area (TPSA) is 15.3 Å². The SMILES string of the molecule is CCCN1CC[CH]Nc2ccccc21. The molecule has 14 heavy (non-hydrogen) atoms. The molecule has 0 aromatic heterocycles. The molecule has 1 N–H and O–H groups in total. The minimum Gasteiger partial charge on any atom is -0.379 e. The van der Waals surface area contributed by atoms with E-state index in [0.29, 0.717) is 0 Å². The van der Waals surface area contributed by atoms with Crippen molar-refractivity contribution in [2.24, 2.45) is 0 Å². The van der Waals surface area contributed by atoms with Gasteiger partial charge in [0.05, 0.1) is 11.4 Å². The Kier molecular flexibility index (Phi) is 2.92. The highest BCUT2D eigenvalue weighted by molar-refractivity contribution is 5.71. The number of para-hydroxylation sites is 2. The van der Waals surface area contributed by atoms with Gasteiger partial charge >= 0.3 is 0 Å².